The van der Waals surface area contributed by atoms with Crippen LogP contribution >= 0.6 is 11.5 Å². The van der Waals surface area contributed by atoms with Crippen LogP contribution in [0.25, 0.3) is 0 Å². The smallest absolute Gasteiger partial charge is 0.262 e. The number of anilines is 1. The summed E-state index contributed by atoms with van der Waals surface area (Å²) in [6, 6.07) is 6.24. The number of aromatic nitrogens is 2. The Bertz CT molecular complexity index is 641. The summed E-state index contributed by atoms with van der Waals surface area (Å²) in [5.74, 6) is 0. The van der Waals surface area contributed by atoms with Gasteiger partial charge in [0.1, 0.15) is 5.00 Å². The predicted octanol–water partition coefficient (Wildman–Crippen LogP) is 1.78. The lowest BCUT2D eigenvalue weighted by Gasteiger charge is -2.10. The van der Waals surface area contributed by atoms with E-state index in [0.717, 1.165) is 11.5 Å². The molecule has 0 bridgehead atoms. The number of hydrogen-bond donors (Lipinski definition) is 2. The van der Waals surface area contributed by atoms with Crippen LogP contribution in [-0.2, 0) is 10.0 Å². The molecule has 1 atom stereocenters. The second kappa shape index (κ2) is 5.64. The Morgan fingerprint density at radius 2 is 2.26 bits per heavy atom. The molecule has 1 aromatic heterocycles. The summed E-state index contributed by atoms with van der Waals surface area (Å²) in [4.78, 5) is 0.103. The minimum atomic E-state index is -3.68. The van der Waals surface area contributed by atoms with Crippen LogP contribution in [0.5, 0.6) is 0 Å². The van der Waals surface area contributed by atoms with Crippen LogP contribution in [0.15, 0.2) is 35.4 Å². The molecule has 1 aromatic carbocycles. The number of rotatable bonds is 5. The van der Waals surface area contributed by atoms with Gasteiger partial charge in [0, 0.05) is 11.5 Å². The Morgan fingerprint density at radius 1 is 1.47 bits per heavy atom. The van der Waals surface area contributed by atoms with Gasteiger partial charge in [0.15, 0.2) is 0 Å². The molecule has 102 valence electrons. The second-order valence-electron chi connectivity index (χ2n) is 3.88. The maximum atomic E-state index is 12.1. The average molecular weight is 299 g/mol. The first-order chi connectivity index (χ1) is 9.03. The fourth-order valence-corrected chi connectivity index (χ4v) is 3.27. The number of sulfonamides is 1. The number of nitrogens with zero attached hydrogens (tertiary/aromatic N) is 2. The molecule has 0 amide bonds. The van der Waals surface area contributed by atoms with Gasteiger partial charge in [0.05, 0.1) is 17.2 Å². The molecule has 0 spiro atoms. The largest absolute Gasteiger partial charge is 0.388 e. The zero-order valence-electron chi connectivity index (χ0n) is 10.1. The molecule has 2 N–H and O–H groups in total. The van der Waals surface area contributed by atoms with E-state index in [2.05, 4.69) is 14.3 Å². The molecular formula is C11H13N3O3S2. The maximum absolute atomic E-state index is 12.1. The Hall–Kier alpha value is -1.51. The topological polar surface area (TPSA) is 92.2 Å². The average Bonchev–Trinajstić information content (AvgIpc) is 2.90. The first kappa shape index (κ1) is 13.9. The summed E-state index contributed by atoms with van der Waals surface area (Å²) < 4.78 is 30.2. The summed E-state index contributed by atoms with van der Waals surface area (Å²) in [7, 11) is -3.68. The highest BCUT2D eigenvalue weighted by molar-refractivity contribution is 7.93. The van der Waals surface area contributed by atoms with Gasteiger partial charge < -0.3 is 5.11 Å². The first-order valence-corrected chi connectivity index (χ1v) is 7.87. The van der Waals surface area contributed by atoms with Gasteiger partial charge in [-0.05, 0) is 24.1 Å². The van der Waals surface area contributed by atoms with E-state index in [1.165, 1.54) is 18.3 Å². The van der Waals surface area contributed by atoms with Crippen LogP contribution in [0.1, 0.15) is 25.0 Å². The standard InChI is InChI=1S/C11H13N3O3S2/c1-2-10(15)8-4-3-5-9(6-8)19(16,17)13-11-7-12-14-18-11/h3-7,10,13,15H,2H2,1H3. The summed E-state index contributed by atoms with van der Waals surface area (Å²) in [6.07, 6.45) is 1.20. The Morgan fingerprint density at radius 3 is 2.89 bits per heavy atom. The van der Waals surface area contributed by atoms with Gasteiger partial charge in [-0.3, -0.25) is 4.72 Å². The van der Waals surface area contributed by atoms with E-state index in [9.17, 15) is 13.5 Å². The molecule has 2 rings (SSSR count). The molecule has 1 unspecified atom stereocenters. The highest BCUT2D eigenvalue weighted by atomic mass is 32.2. The van der Waals surface area contributed by atoms with E-state index in [1.807, 2.05) is 6.92 Å². The highest BCUT2D eigenvalue weighted by Gasteiger charge is 2.17. The van der Waals surface area contributed by atoms with Crippen molar-refractivity contribution in [3.63, 3.8) is 0 Å². The Kier molecular flexibility index (Phi) is 4.13. The van der Waals surface area contributed by atoms with Gasteiger partial charge in [0.2, 0.25) is 0 Å². The predicted molar refractivity (Wildman–Crippen MR) is 72.4 cm³/mol. The maximum Gasteiger partial charge on any atom is 0.262 e. The third-order valence-corrected chi connectivity index (χ3v) is 4.61. The van der Waals surface area contributed by atoms with Gasteiger partial charge in [-0.15, -0.1) is 5.10 Å². The molecule has 0 aliphatic carbocycles. The minimum Gasteiger partial charge on any atom is -0.388 e. The molecule has 0 saturated heterocycles. The van der Waals surface area contributed by atoms with Crippen molar-refractivity contribution in [2.24, 2.45) is 0 Å². The van der Waals surface area contributed by atoms with E-state index < -0.39 is 16.1 Å². The quantitative estimate of drug-likeness (QED) is 0.878. The van der Waals surface area contributed by atoms with Gasteiger partial charge in [-0.2, -0.15) is 0 Å². The zero-order valence-corrected chi connectivity index (χ0v) is 11.8. The van der Waals surface area contributed by atoms with Crippen molar-refractivity contribution in [3.8, 4) is 0 Å². The fraction of sp³-hybridized carbons (Fsp3) is 0.273. The van der Waals surface area contributed by atoms with Gasteiger partial charge >= 0.3 is 0 Å². The number of aliphatic hydroxyl groups is 1. The molecule has 0 aliphatic heterocycles. The van der Waals surface area contributed by atoms with E-state index in [4.69, 9.17) is 0 Å². The molecule has 0 aliphatic rings. The van der Waals surface area contributed by atoms with Crippen molar-refractivity contribution < 1.29 is 13.5 Å². The summed E-state index contributed by atoms with van der Waals surface area (Å²) in [5, 5.41) is 13.7. The third-order valence-electron chi connectivity index (χ3n) is 2.54. The van der Waals surface area contributed by atoms with Crippen molar-refractivity contribution in [2.45, 2.75) is 24.3 Å². The van der Waals surface area contributed by atoms with Crippen LogP contribution in [0.2, 0.25) is 0 Å². The van der Waals surface area contributed by atoms with Crippen LogP contribution in [0, 0.1) is 0 Å². The number of hydrogen-bond acceptors (Lipinski definition) is 6. The highest BCUT2D eigenvalue weighted by Crippen LogP contribution is 2.22. The van der Waals surface area contributed by atoms with Gasteiger partial charge in [-0.1, -0.05) is 23.5 Å². The Balaban J connectivity index is 2.30. The number of benzene rings is 1. The van der Waals surface area contributed by atoms with E-state index in [1.54, 1.807) is 12.1 Å². The molecule has 0 radical (unpaired) electrons. The molecule has 0 fully saturated rings. The van der Waals surface area contributed by atoms with Crippen LogP contribution in [0.3, 0.4) is 0 Å². The van der Waals surface area contributed by atoms with Crippen molar-refractivity contribution in [1.29, 1.82) is 0 Å². The lowest BCUT2D eigenvalue weighted by atomic mass is 10.1. The first-order valence-electron chi connectivity index (χ1n) is 5.61. The van der Waals surface area contributed by atoms with E-state index in [0.29, 0.717) is 17.0 Å². The lowest BCUT2D eigenvalue weighted by molar-refractivity contribution is 0.173. The summed E-state index contributed by atoms with van der Waals surface area (Å²) in [5.41, 5.74) is 0.577. The zero-order chi connectivity index (χ0) is 13.9. The molecular weight excluding hydrogens is 286 g/mol. The van der Waals surface area contributed by atoms with E-state index in [-0.39, 0.29) is 4.90 Å². The summed E-state index contributed by atoms with van der Waals surface area (Å²) >= 11 is 0.959. The SMILES string of the molecule is CCC(O)c1cccc(S(=O)(=O)Nc2cnns2)c1. The third kappa shape index (κ3) is 3.28. The molecule has 1 heterocycles. The molecule has 6 nitrogen and oxygen atoms in total. The lowest BCUT2D eigenvalue weighted by Crippen LogP contribution is -2.12. The Labute approximate surface area is 115 Å². The molecule has 0 saturated carbocycles. The minimum absolute atomic E-state index is 0.103. The normalized spacial score (nSPS) is 13.2. The number of aliphatic hydroxyl groups excluding tert-OH is 1. The van der Waals surface area contributed by atoms with Crippen LogP contribution in [-0.4, -0.2) is 23.1 Å². The molecule has 2 aromatic rings. The van der Waals surface area contributed by atoms with Crippen molar-refractivity contribution in [2.75, 3.05) is 4.72 Å². The van der Waals surface area contributed by atoms with Gasteiger partial charge in [-0.25, -0.2) is 8.42 Å². The van der Waals surface area contributed by atoms with Crippen molar-refractivity contribution in [1.82, 2.24) is 9.59 Å². The molecule has 8 heteroatoms. The second-order valence-corrected chi connectivity index (χ2v) is 6.35. The monoisotopic (exact) mass is 299 g/mol. The number of nitrogens with one attached hydrogen (secondary N) is 1. The van der Waals surface area contributed by atoms with Crippen molar-refractivity contribution >= 4 is 26.6 Å². The fourth-order valence-electron chi connectivity index (χ4n) is 1.53. The van der Waals surface area contributed by atoms with Gasteiger partial charge in [0.25, 0.3) is 10.0 Å². The van der Waals surface area contributed by atoms with Crippen molar-refractivity contribution in [3.05, 3.63) is 36.0 Å². The molecule has 19 heavy (non-hydrogen) atoms. The summed E-state index contributed by atoms with van der Waals surface area (Å²) in [6.45, 7) is 1.83. The van der Waals surface area contributed by atoms with Crippen LogP contribution < -0.4 is 4.72 Å². The van der Waals surface area contributed by atoms with E-state index >= 15 is 0 Å². The van der Waals surface area contributed by atoms with Crippen LogP contribution in [0.4, 0.5) is 5.00 Å².